The fourth-order valence-corrected chi connectivity index (χ4v) is 4.30. The highest BCUT2D eigenvalue weighted by molar-refractivity contribution is 7.16. The normalized spacial score (nSPS) is 11.4. The van der Waals surface area contributed by atoms with Crippen molar-refractivity contribution >= 4 is 62.8 Å². The molecule has 0 fully saturated rings. The van der Waals surface area contributed by atoms with Crippen LogP contribution in [0.2, 0.25) is 9.49 Å². The quantitative estimate of drug-likeness (QED) is 0.433. The molecule has 3 aromatic rings. The van der Waals surface area contributed by atoms with Gasteiger partial charge in [-0.2, -0.15) is 0 Å². The van der Waals surface area contributed by atoms with E-state index < -0.39 is 0 Å². The van der Waals surface area contributed by atoms with Gasteiger partial charge in [0.25, 0.3) is 0 Å². The second-order valence-corrected chi connectivity index (χ2v) is 7.92. The number of amides is 1. The van der Waals surface area contributed by atoms with Crippen molar-refractivity contribution in [2.45, 2.75) is 6.54 Å². The second kappa shape index (κ2) is 7.53. The summed E-state index contributed by atoms with van der Waals surface area (Å²) < 4.78 is 2.56. The van der Waals surface area contributed by atoms with Crippen molar-refractivity contribution in [3.63, 3.8) is 0 Å². The van der Waals surface area contributed by atoms with Crippen LogP contribution in [0.15, 0.2) is 42.4 Å². The summed E-state index contributed by atoms with van der Waals surface area (Å²) >= 11 is 15.0. The van der Waals surface area contributed by atoms with Crippen LogP contribution >= 0.6 is 45.9 Å². The minimum absolute atomic E-state index is 0.124. The summed E-state index contributed by atoms with van der Waals surface area (Å²) in [7, 11) is 0. The lowest BCUT2D eigenvalue weighted by Crippen LogP contribution is -2.28. The van der Waals surface area contributed by atoms with Crippen LogP contribution in [0.5, 0.6) is 0 Å². The van der Waals surface area contributed by atoms with Crippen LogP contribution in [0.1, 0.15) is 10.6 Å². The molecule has 0 saturated carbocycles. The van der Waals surface area contributed by atoms with Crippen molar-refractivity contribution in [1.29, 1.82) is 0 Å². The van der Waals surface area contributed by atoms with Gasteiger partial charge in [-0.25, -0.2) is 4.98 Å². The lowest BCUT2D eigenvalue weighted by Gasteiger charge is -2.18. The van der Waals surface area contributed by atoms with E-state index in [-0.39, 0.29) is 5.91 Å². The van der Waals surface area contributed by atoms with Crippen LogP contribution in [0.25, 0.3) is 11.0 Å². The molecule has 3 aromatic heterocycles. The molecule has 0 saturated heterocycles. The van der Waals surface area contributed by atoms with E-state index in [0.29, 0.717) is 28.3 Å². The molecule has 0 radical (unpaired) electrons. The highest BCUT2D eigenvalue weighted by Crippen LogP contribution is 2.24. The van der Waals surface area contributed by atoms with E-state index in [9.17, 15) is 4.79 Å². The first kappa shape index (κ1) is 17.2. The third kappa shape index (κ3) is 3.72. The first-order valence-electron chi connectivity index (χ1n) is 7.01. The van der Waals surface area contributed by atoms with Crippen LogP contribution < -0.4 is 0 Å². The zero-order chi connectivity index (χ0) is 17.1. The fraction of sp³-hybridized carbons (Fsp3) is 0.125. The third-order valence-corrected chi connectivity index (χ3v) is 5.53. The average Bonchev–Trinajstić information content (AvgIpc) is 3.22. The lowest BCUT2D eigenvalue weighted by molar-refractivity contribution is -0.126. The van der Waals surface area contributed by atoms with Gasteiger partial charge < -0.3 is 4.90 Å². The Kier molecular flexibility index (Phi) is 5.40. The van der Waals surface area contributed by atoms with Gasteiger partial charge in [-0.15, -0.1) is 29.3 Å². The van der Waals surface area contributed by atoms with E-state index in [2.05, 4.69) is 11.6 Å². The van der Waals surface area contributed by atoms with Crippen molar-refractivity contribution in [3.8, 4) is 0 Å². The van der Waals surface area contributed by atoms with Gasteiger partial charge in [-0.3, -0.25) is 9.20 Å². The molecule has 0 N–H and O–H groups in total. The summed E-state index contributed by atoms with van der Waals surface area (Å²) in [4.78, 5) is 20.3. The summed E-state index contributed by atoms with van der Waals surface area (Å²) in [5, 5.41) is 2.30. The number of nitrogens with zero attached hydrogens (tertiary/aromatic N) is 3. The number of imidazole rings is 1. The number of thiophene rings is 1. The van der Waals surface area contributed by atoms with Crippen LogP contribution in [0, 0.1) is 0 Å². The highest BCUT2D eigenvalue weighted by Gasteiger charge is 2.13. The number of thiazole rings is 1. The number of carbonyl (C=O) groups excluding carboxylic acids is 1. The number of fused-ring (bicyclic) bond motifs is 1. The van der Waals surface area contributed by atoms with Crippen LogP contribution in [0.3, 0.4) is 0 Å². The Labute approximate surface area is 157 Å². The predicted octanol–water partition coefficient (Wildman–Crippen LogP) is 4.99. The number of hydrogen-bond acceptors (Lipinski definition) is 4. The Morgan fingerprint density at radius 2 is 2.25 bits per heavy atom. The molecule has 8 heteroatoms. The van der Waals surface area contributed by atoms with E-state index in [4.69, 9.17) is 23.2 Å². The molecule has 0 aliphatic heterocycles. The molecule has 0 aliphatic carbocycles. The SMILES string of the molecule is C=CCN(Cc1ccc(Cl)s1)C(=O)/C=C/c1c(Cl)nc2sccn12. The van der Waals surface area contributed by atoms with E-state index in [0.717, 1.165) is 9.84 Å². The first-order chi connectivity index (χ1) is 11.6. The van der Waals surface area contributed by atoms with E-state index >= 15 is 0 Å². The predicted molar refractivity (Wildman–Crippen MR) is 102 cm³/mol. The van der Waals surface area contributed by atoms with Crippen molar-refractivity contribution in [3.05, 3.63) is 62.5 Å². The molecule has 24 heavy (non-hydrogen) atoms. The molecule has 124 valence electrons. The van der Waals surface area contributed by atoms with Gasteiger partial charge in [0.1, 0.15) is 0 Å². The molecular weight excluding hydrogens is 385 g/mol. The Balaban J connectivity index is 1.78. The van der Waals surface area contributed by atoms with Gasteiger partial charge in [0.05, 0.1) is 16.6 Å². The van der Waals surface area contributed by atoms with Gasteiger partial charge in [0, 0.05) is 29.1 Å². The molecule has 0 bridgehead atoms. The van der Waals surface area contributed by atoms with Crippen LogP contribution in [-0.2, 0) is 11.3 Å². The maximum absolute atomic E-state index is 12.5. The van der Waals surface area contributed by atoms with Gasteiger partial charge in [0.2, 0.25) is 5.91 Å². The minimum Gasteiger partial charge on any atom is -0.330 e. The number of hydrogen-bond donors (Lipinski definition) is 0. The second-order valence-electron chi connectivity index (χ2n) is 4.89. The maximum Gasteiger partial charge on any atom is 0.247 e. The van der Waals surface area contributed by atoms with Crippen LogP contribution in [-0.4, -0.2) is 26.7 Å². The Morgan fingerprint density at radius 3 is 2.96 bits per heavy atom. The van der Waals surface area contributed by atoms with E-state index in [1.165, 1.54) is 28.7 Å². The topological polar surface area (TPSA) is 37.6 Å². The summed E-state index contributed by atoms with van der Waals surface area (Å²) in [6.45, 7) is 4.65. The van der Waals surface area contributed by atoms with Gasteiger partial charge >= 0.3 is 0 Å². The Bertz CT molecular complexity index is 910. The van der Waals surface area contributed by atoms with Crippen molar-refractivity contribution in [2.75, 3.05) is 6.54 Å². The average molecular weight is 398 g/mol. The summed E-state index contributed by atoms with van der Waals surface area (Å²) in [5.41, 5.74) is 0.694. The number of rotatable bonds is 6. The Hall–Kier alpha value is -1.60. The molecule has 0 aromatic carbocycles. The fourth-order valence-electron chi connectivity index (χ4n) is 2.19. The summed E-state index contributed by atoms with van der Waals surface area (Å²) in [6, 6.07) is 3.75. The maximum atomic E-state index is 12.5. The number of carbonyl (C=O) groups is 1. The molecule has 0 aliphatic rings. The molecule has 1 amide bonds. The molecule has 0 spiro atoms. The van der Waals surface area contributed by atoms with Crippen LogP contribution in [0.4, 0.5) is 0 Å². The standard InChI is InChI=1S/C16H13Cl2N3OS2/c1-2-7-20(10-11-3-5-13(17)24-11)14(22)6-4-12-15(18)19-16-21(12)8-9-23-16/h2-6,8-9H,1,7,10H2/b6-4+. The smallest absolute Gasteiger partial charge is 0.247 e. The monoisotopic (exact) mass is 397 g/mol. The lowest BCUT2D eigenvalue weighted by atomic mass is 10.3. The van der Waals surface area contributed by atoms with Crippen molar-refractivity contribution < 1.29 is 4.79 Å². The molecular formula is C16H13Cl2N3OS2. The highest BCUT2D eigenvalue weighted by atomic mass is 35.5. The van der Waals surface area contributed by atoms with Crippen molar-refractivity contribution in [2.24, 2.45) is 0 Å². The van der Waals surface area contributed by atoms with Gasteiger partial charge in [-0.05, 0) is 18.2 Å². The Morgan fingerprint density at radius 1 is 1.42 bits per heavy atom. The van der Waals surface area contributed by atoms with E-state index in [1.807, 2.05) is 28.1 Å². The van der Waals surface area contributed by atoms with Gasteiger partial charge in [-0.1, -0.05) is 29.3 Å². The summed E-state index contributed by atoms with van der Waals surface area (Å²) in [5.74, 6) is -0.124. The molecule has 0 unspecified atom stereocenters. The number of halogens is 2. The zero-order valence-corrected chi connectivity index (χ0v) is 15.6. The number of aromatic nitrogens is 2. The van der Waals surface area contributed by atoms with Gasteiger partial charge in [0.15, 0.2) is 10.1 Å². The summed E-state index contributed by atoms with van der Waals surface area (Å²) in [6.07, 6.45) is 6.77. The molecule has 4 nitrogen and oxygen atoms in total. The van der Waals surface area contributed by atoms with Crippen molar-refractivity contribution in [1.82, 2.24) is 14.3 Å². The third-order valence-electron chi connectivity index (χ3n) is 3.27. The molecule has 0 atom stereocenters. The first-order valence-corrected chi connectivity index (χ1v) is 9.47. The molecule has 3 heterocycles. The molecule has 3 rings (SSSR count). The zero-order valence-electron chi connectivity index (χ0n) is 12.5. The van der Waals surface area contributed by atoms with E-state index in [1.54, 1.807) is 17.1 Å². The minimum atomic E-state index is -0.124. The largest absolute Gasteiger partial charge is 0.330 e.